The number of halogens is 5. The minimum absolute atomic E-state index is 0.0702. The lowest BCUT2D eigenvalue weighted by atomic mass is 9.85. The first kappa shape index (κ1) is 37.2. The van der Waals surface area contributed by atoms with Crippen molar-refractivity contribution >= 4 is 50.9 Å². The molecule has 5 heterocycles. The maximum absolute atomic E-state index is 16.0. The van der Waals surface area contributed by atoms with Crippen molar-refractivity contribution in [2.24, 2.45) is 13.0 Å². The predicted octanol–water partition coefficient (Wildman–Crippen LogP) is 6.10. The fraction of sp³-hybridized carbons (Fsp3) is 0.385. The fourth-order valence-corrected chi connectivity index (χ4v) is 8.31. The van der Waals surface area contributed by atoms with Crippen molar-refractivity contribution < 1.29 is 36.3 Å². The van der Waals surface area contributed by atoms with Crippen LogP contribution in [0.4, 0.5) is 27.6 Å². The lowest BCUT2D eigenvalue weighted by molar-refractivity contribution is -0.141. The molecule has 0 bridgehead atoms. The number of aryl methyl sites for hydroxylation is 1. The SMILES string of the molecule is Cn1c(=O)n(C2CCC(=O)NC2=O)c2cccc(C3=CCN(CC4CCC(n5cc6cc(NC(=O)c7cccc(C(F)(F)F)n7)ccc6n5)CC4)CC3(F)F)c21. The summed E-state index contributed by atoms with van der Waals surface area (Å²) in [5, 5.41) is 10.3. The largest absolute Gasteiger partial charge is 0.433 e. The first-order valence-electron chi connectivity index (χ1n) is 18.4. The molecule has 5 aromatic rings. The smallest absolute Gasteiger partial charge is 0.321 e. The summed E-state index contributed by atoms with van der Waals surface area (Å²) in [7, 11) is 1.50. The zero-order valence-electron chi connectivity index (χ0n) is 30.2. The highest BCUT2D eigenvalue weighted by atomic mass is 19.4. The van der Waals surface area contributed by atoms with Gasteiger partial charge < -0.3 is 5.32 Å². The Morgan fingerprint density at radius 2 is 1.77 bits per heavy atom. The van der Waals surface area contributed by atoms with Gasteiger partial charge in [-0.05, 0) is 74.4 Å². The molecule has 12 nitrogen and oxygen atoms in total. The van der Waals surface area contributed by atoms with Gasteiger partial charge in [-0.25, -0.2) is 9.78 Å². The number of fused-ring (bicyclic) bond motifs is 2. The molecule has 2 N–H and O–H groups in total. The Morgan fingerprint density at radius 1 is 1.00 bits per heavy atom. The molecule has 3 aliphatic rings. The number of hydrogen-bond donors (Lipinski definition) is 2. The Labute approximate surface area is 316 Å². The summed E-state index contributed by atoms with van der Waals surface area (Å²) in [6.45, 7) is 0.312. The number of nitrogens with one attached hydrogen (secondary N) is 2. The average Bonchev–Trinajstić information content (AvgIpc) is 3.69. The van der Waals surface area contributed by atoms with E-state index in [1.165, 1.54) is 28.3 Å². The number of rotatable bonds is 7. The average molecular weight is 777 g/mol. The van der Waals surface area contributed by atoms with Gasteiger partial charge in [-0.15, -0.1) is 0 Å². The van der Waals surface area contributed by atoms with Crippen molar-refractivity contribution in [3.8, 4) is 0 Å². The lowest BCUT2D eigenvalue weighted by Crippen LogP contribution is -2.44. The molecule has 1 aliphatic carbocycles. The molecule has 56 heavy (non-hydrogen) atoms. The van der Waals surface area contributed by atoms with E-state index < -0.39 is 53.8 Å². The van der Waals surface area contributed by atoms with Gasteiger partial charge in [0.25, 0.3) is 11.8 Å². The number of anilines is 1. The summed E-state index contributed by atoms with van der Waals surface area (Å²) < 4.78 is 75.7. The molecule has 2 aromatic carbocycles. The molecule has 1 saturated heterocycles. The monoisotopic (exact) mass is 776 g/mol. The van der Waals surface area contributed by atoms with E-state index >= 15 is 8.78 Å². The molecule has 292 valence electrons. The third kappa shape index (κ3) is 6.99. The van der Waals surface area contributed by atoms with E-state index in [2.05, 4.69) is 15.6 Å². The van der Waals surface area contributed by atoms with Crippen LogP contribution < -0.4 is 16.3 Å². The van der Waals surface area contributed by atoms with E-state index in [4.69, 9.17) is 5.10 Å². The van der Waals surface area contributed by atoms with Crippen molar-refractivity contribution in [1.29, 1.82) is 0 Å². The van der Waals surface area contributed by atoms with Crippen LogP contribution in [0.5, 0.6) is 0 Å². The number of alkyl halides is 5. The van der Waals surface area contributed by atoms with Gasteiger partial charge >= 0.3 is 11.9 Å². The van der Waals surface area contributed by atoms with Crippen LogP contribution in [0.3, 0.4) is 0 Å². The van der Waals surface area contributed by atoms with Crippen LogP contribution in [0.1, 0.15) is 72.4 Å². The highest BCUT2D eigenvalue weighted by molar-refractivity contribution is 6.04. The predicted molar refractivity (Wildman–Crippen MR) is 196 cm³/mol. The third-order valence-electron chi connectivity index (χ3n) is 11.0. The highest BCUT2D eigenvalue weighted by Gasteiger charge is 2.42. The van der Waals surface area contributed by atoms with Gasteiger partial charge in [0.15, 0.2) is 0 Å². The number of carbonyl (C=O) groups is 3. The van der Waals surface area contributed by atoms with E-state index in [0.717, 1.165) is 43.2 Å². The van der Waals surface area contributed by atoms with Crippen LogP contribution in [0.15, 0.2) is 71.7 Å². The summed E-state index contributed by atoms with van der Waals surface area (Å²) in [6, 6.07) is 12.1. The molecule has 8 rings (SSSR count). The number of aromatic nitrogens is 5. The van der Waals surface area contributed by atoms with Crippen molar-refractivity contribution in [2.75, 3.05) is 25.0 Å². The second kappa shape index (κ2) is 14.1. The second-order valence-electron chi connectivity index (χ2n) is 14.8. The number of benzene rings is 2. The number of para-hydroxylation sites is 1. The highest BCUT2D eigenvalue weighted by Crippen LogP contribution is 2.41. The maximum Gasteiger partial charge on any atom is 0.433 e. The summed E-state index contributed by atoms with van der Waals surface area (Å²) >= 11 is 0. The molecule has 3 aromatic heterocycles. The molecular formula is C39H37F5N8O4. The van der Waals surface area contributed by atoms with E-state index in [-0.39, 0.29) is 41.6 Å². The zero-order valence-corrected chi connectivity index (χ0v) is 30.2. The Hall–Kier alpha value is -5.71. The number of imidazole rings is 1. The number of imide groups is 1. The Balaban J connectivity index is 0.910. The van der Waals surface area contributed by atoms with Crippen LogP contribution in [0, 0.1) is 5.92 Å². The Morgan fingerprint density at radius 3 is 2.50 bits per heavy atom. The molecule has 2 aliphatic heterocycles. The van der Waals surface area contributed by atoms with Crippen molar-refractivity contribution in [1.82, 2.24) is 34.1 Å². The molecule has 17 heteroatoms. The van der Waals surface area contributed by atoms with Crippen LogP contribution in [0.25, 0.3) is 27.5 Å². The first-order chi connectivity index (χ1) is 26.7. The normalized spacial score (nSPS) is 22.0. The number of hydrogen-bond acceptors (Lipinski definition) is 7. The quantitative estimate of drug-likeness (QED) is 0.151. The maximum atomic E-state index is 16.0. The van der Waals surface area contributed by atoms with Gasteiger partial charge in [0.05, 0.1) is 29.1 Å². The molecule has 0 radical (unpaired) electrons. The second-order valence-corrected chi connectivity index (χ2v) is 14.8. The molecule has 3 amide bonds. The zero-order chi connectivity index (χ0) is 39.5. The summed E-state index contributed by atoms with van der Waals surface area (Å²) in [5.41, 5.74) is -0.253. The molecule has 0 spiro atoms. The topological polar surface area (TPSA) is 136 Å². The van der Waals surface area contributed by atoms with Crippen LogP contribution in [-0.2, 0) is 22.8 Å². The van der Waals surface area contributed by atoms with E-state index in [9.17, 15) is 32.3 Å². The summed E-state index contributed by atoms with van der Waals surface area (Å²) in [5.74, 6) is -4.81. The first-order valence-corrected chi connectivity index (χ1v) is 18.4. The van der Waals surface area contributed by atoms with E-state index in [1.807, 2.05) is 10.9 Å². The van der Waals surface area contributed by atoms with E-state index in [1.54, 1.807) is 41.3 Å². The van der Waals surface area contributed by atoms with Gasteiger partial charge in [0.1, 0.15) is 17.4 Å². The van der Waals surface area contributed by atoms with E-state index in [0.29, 0.717) is 35.3 Å². The van der Waals surface area contributed by atoms with Crippen molar-refractivity contribution in [3.05, 3.63) is 94.3 Å². The van der Waals surface area contributed by atoms with Crippen molar-refractivity contribution in [3.63, 3.8) is 0 Å². The van der Waals surface area contributed by atoms with Crippen LogP contribution >= 0.6 is 0 Å². The van der Waals surface area contributed by atoms with Crippen molar-refractivity contribution in [2.45, 2.75) is 62.7 Å². The summed E-state index contributed by atoms with van der Waals surface area (Å²) in [6.07, 6.45) is 2.11. The van der Waals surface area contributed by atoms with Gasteiger partial charge in [0, 0.05) is 55.0 Å². The number of piperidine rings is 1. The van der Waals surface area contributed by atoms with Gasteiger partial charge in [0.2, 0.25) is 11.8 Å². The van der Waals surface area contributed by atoms with Gasteiger partial charge in [-0.3, -0.25) is 38.4 Å². The minimum atomic E-state index is -4.67. The standard InChI is InChI=1S/C39H37F5N8O4/c1-49-34-26(4-2-6-30(34)52(37(49)56)31-14-15-33(53)47-36(31)55)27-16-17-50(21-38(27,40)41)19-22-8-11-25(12-9-22)51-20-23-18-24(10-13-28(23)48-51)45-35(54)29-5-3-7-32(46-29)39(42,43)44/h2-7,10,13,16,18,20,22,25,31H,8-9,11-12,14-15,17,19,21H2,1H3,(H,45,54)(H,47,53,55). The number of amides is 3. The fourth-order valence-electron chi connectivity index (χ4n) is 8.31. The molecule has 2 fully saturated rings. The van der Waals surface area contributed by atoms with Crippen LogP contribution in [0.2, 0.25) is 0 Å². The Kier molecular flexibility index (Phi) is 9.37. The third-order valence-corrected chi connectivity index (χ3v) is 11.0. The number of pyridine rings is 1. The molecular weight excluding hydrogens is 739 g/mol. The minimum Gasteiger partial charge on any atom is -0.321 e. The van der Waals surface area contributed by atoms with Gasteiger partial charge in [-0.2, -0.15) is 27.1 Å². The van der Waals surface area contributed by atoms with Crippen LogP contribution in [-0.4, -0.2) is 72.1 Å². The summed E-state index contributed by atoms with van der Waals surface area (Å²) in [4.78, 5) is 55.6. The Bertz CT molecular complexity index is 2480. The molecule has 1 unspecified atom stereocenters. The number of nitrogens with zero attached hydrogens (tertiary/aromatic N) is 6. The molecule has 1 saturated carbocycles. The van der Waals surface area contributed by atoms with Gasteiger partial charge in [-0.1, -0.05) is 24.3 Å². The molecule has 1 atom stereocenters. The number of carbonyl (C=O) groups excluding carboxylic acids is 3. The lowest BCUT2D eigenvalue weighted by Gasteiger charge is -2.37.